The summed E-state index contributed by atoms with van der Waals surface area (Å²) >= 11 is 0. The highest BCUT2D eigenvalue weighted by atomic mass is 19.1. The molecule has 0 saturated heterocycles. The lowest BCUT2D eigenvalue weighted by Gasteiger charge is -2.16. The molecule has 19 heavy (non-hydrogen) atoms. The van der Waals surface area contributed by atoms with Crippen LogP contribution in [0.15, 0.2) is 18.2 Å². The Morgan fingerprint density at radius 1 is 1.32 bits per heavy atom. The maximum Gasteiger partial charge on any atom is 0.237 e. The van der Waals surface area contributed by atoms with Gasteiger partial charge in [-0.3, -0.25) is 4.79 Å². The molecule has 2 N–H and O–H groups in total. The van der Waals surface area contributed by atoms with Crippen molar-refractivity contribution in [1.82, 2.24) is 10.6 Å². The van der Waals surface area contributed by atoms with Crippen LogP contribution in [0.5, 0.6) is 0 Å². The van der Waals surface area contributed by atoms with Crippen molar-refractivity contribution < 1.29 is 9.18 Å². The second kappa shape index (κ2) is 7.24. The molecule has 0 bridgehead atoms. The molecule has 0 aliphatic carbocycles. The quantitative estimate of drug-likeness (QED) is 0.828. The van der Waals surface area contributed by atoms with Gasteiger partial charge in [-0.2, -0.15) is 0 Å². The predicted molar refractivity (Wildman–Crippen MR) is 75.6 cm³/mol. The maximum atomic E-state index is 13.0. The monoisotopic (exact) mass is 266 g/mol. The SMILES string of the molecule is Cc1cc(F)ccc1CCNC(C)C(=O)NC(C)C. The van der Waals surface area contributed by atoms with Gasteiger partial charge in [-0.1, -0.05) is 6.07 Å². The van der Waals surface area contributed by atoms with Gasteiger partial charge in [0.05, 0.1) is 6.04 Å². The van der Waals surface area contributed by atoms with Crippen molar-refractivity contribution in [2.75, 3.05) is 6.54 Å². The fourth-order valence-electron chi connectivity index (χ4n) is 1.87. The standard InChI is InChI=1S/C15H23FN2O/c1-10(2)18-15(19)12(4)17-8-7-13-5-6-14(16)9-11(13)3/h5-6,9-10,12,17H,7-8H2,1-4H3,(H,18,19). The fourth-order valence-corrected chi connectivity index (χ4v) is 1.87. The van der Waals surface area contributed by atoms with E-state index in [9.17, 15) is 9.18 Å². The topological polar surface area (TPSA) is 41.1 Å². The van der Waals surface area contributed by atoms with Crippen LogP contribution in [0.2, 0.25) is 0 Å². The van der Waals surface area contributed by atoms with Gasteiger partial charge in [0.2, 0.25) is 5.91 Å². The summed E-state index contributed by atoms with van der Waals surface area (Å²) in [5.41, 5.74) is 2.05. The molecule has 0 aliphatic heterocycles. The minimum absolute atomic E-state index is 0.00540. The number of halogens is 1. The zero-order valence-corrected chi connectivity index (χ0v) is 12.1. The van der Waals surface area contributed by atoms with Gasteiger partial charge in [0.25, 0.3) is 0 Å². The average Bonchev–Trinajstić information content (AvgIpc) is 2.30. The molecule has 1 rings (SSSR count). The Bertz CT molecular complexity index is 432. The first-order chi connectivity index (χ1) is 8.90. The molecule has 106 valence electrons. The van der Waals surface area contributed by atoms with Gasteiger partial charge in [0.1, 0.15) is 5.82 Å². The molecule has 0 radical (unpaired) electrons. The van der Waals surface area contributed by atoms with Crippen LogP contribution in [-0.4, -0.2) is 24.5 Å². The van der Waals surface area contributed by atoms with E-state index in [0.717, 1.165) is 17.5 Å². The lowest BCUT2D eigenvalue weighted by atomic mass is 10.1. The zero-order valence-electron chi connectivity index (χ0n) is 12.1. The van der Waals surface area contributed by atoms with Crippen LogP contribution >= 0.6 is 0 Å². The van der Waals surface area contributed by atoms with Crippen LogP contribution in [0.1, 0.15) is 31.9 Å². The Hall–Kier alpha value is -1.42. The lowest BCUT2D eigenvalue weighted by Crippen LogP contribution is -2.45. The van der Waals surface area contributed by atoms with Gasteiger partial charge >= 0.3 is 0 Å². The Morgan fingerprint density at radius 2 is 2.00 bits per heavy atom. The molecule has 0 fully saturated rings. The van der Waals surface area contributed by atoms with Crippen LogP contribution in [0.25, 0.3) is 0 Å². The van der Waals surface area contributed by atoms with Crippen LogP contribution < -0.4 is 10.6 Å². The highest BCUT2D eigenvalue weighted by Crippen LogP contribution is 2.10. The summed E-state index contributed by atoms with van der Waals surface area (Å²) in [6.45, 7) is 8.31. The van der Waals surface area contributed by atoms with Crippen molar-refractivity contribution in [3.63, 3.8) is 0 Å². The molecule has 1 unspecified atom stereocenters. The van der Waals surface area contributed by atoms with Crippen molar-refractivity contribution in [3.8, 4) is 0 Å². The molecule has 0 saturated carbocycles. The largest absolute Gasteiger partial charge is 0.353 e. The van der Waals surface area contributed by atoms with Crippen LogP contribution in [0, 0.1) is 12.7 Å². The normalized spacial score (nSPS) is 12.5. The van der Waals surface area contributed by atoms with E-state index in [4.69, 9.17) is 0 Å². The Morgan fingerprint density at radius 3 is 2.58 bits per heavy atom. The summed E-state index contributed by atoms with van der Waals surface area (Å²) in [7, 11) is 0. The summed E-state index contributed by atoms with van der Waals surface area (Å²) in [5.74, 6) is -0.204. The van der Waals surface area contributed by atoms with E-state index in [1.54, 1.807) is 6.07 Å². The number of nitrogens with one attached hydrogen (secondary N) is 2. The van der Waals surface area contributed by atoms with E-state index in [0.29, 0.717) is 6.54 Å². The third-order valence-corrected chi connectivity index (χ3v) is 2.97. The van der Waals surface area contributed by atoms with Crippen molar-refractivity contribution >= 4 is 5.91 Å². The molecule has 0 aliphatic rings. The molecule has 1 atom stereocenters. The van der Waals surface area contributed by atoms with E-state index < -0.39 is 0 Å². The third-order valence-electron chi connectivity index (χ3n) is 2.97. The van der Waals surface area contributed by atoms with Crippen molar-refractivity contribution in [2.24, 2.45) is 0 Å². The second-order valence-corrected chi connectivity index (χ2v) is 5.16. The second-order valence-electron chi connectivity index (χ2n) is 5.16. The van der Waals surface area contributed by atoms with E-state index in [1.165, 1.54) is 12.1 Å². The van der Waals surface area contributed by atoms with Crippen LogP contribution in [0.3, 0.4) is 0 Å². The highest BCUT2D eigenvalue weighted by Gasteiger charge is 2.12. The first-order valence-electron chi connectivity index (χ1n) is 6.69. The Kier molecular flexibility index (Phi) is 5.96. The smallest absolute Gasteiger partial charge is 0.237 e. The highest BCUT2D eigenvalue weighted by molar-refractivity contribution is 5.81. The fraction of sp³-hybridized carbons (Fsp3) is 0.533. The maximum absolute atomic E-state index is 13.0. The number of carbonyl (C=O) groups excluding carboxylic acids is 1. The first kappa shape index (κ1) is 15.6. The molecule has 0 heterocycles. The van der Waals surface area contributed by atoms with Crippen LogP contribution in [0.4, 0.5) is 4.39 Å². The Labute approximate surface area is 114 Å². The van der Waals surface area contributed by atoms with Crippen molar-refractivity contribution in [2.45, 2.75) is 46.2 Å². The van der Waals surface area contributed by atoms with Gasteiger partial charge in [0.15, 0.2) is 0 Å². The number of hydrogen-bond donors (Lipinski definition) is 2. The predicted octanol–water partition coefficient (Wildman–Crippen LogP) is 2.18. The summed E-state index contributed by atoms with van der Waals surface area (Å²) in [6.07, 6.45) is 0.783. The van der Waals surface area contributed by atoms with E-state index >= 15 is 0 Å². The summed E-state index contributed by atoms with van der Waals surface area (Å²) in [6, 6.07) is 4.73. The molecule has 1 aromatic rings. The Balaban J connectivity index is 2.39. The van der Waals surface area contributed by atoms with Crippen molar-refractivity contribution in [1.29, 1.82) is 0 Å². The number of benzene rings is 1. The molecule has 0 aromatic heterocycles. The summed E-state index contributed by atoms with van der Waals surface area (Å²) in [5, 5.41) is 6.03. The zero-order chi connectivity index (χ0) is 14.4. The number of rotatable bonds is 6. The van der Waals surface area contributed by atoms with Gasteiger partial charge < -0.3 is 10.6 Å². The van der Waals surface area contributed by atoms with Gasteiger partial charge in [-0.05, 0) is 63.9 Å². The third kappa shape index (κ3) is 5.39. The van der Waals surface area contributed by atoms with Gasteiger partial charge in [-0.15, -0.1) is 0 Å². The molecule has 1 aromatic carbocycles. The van der Waals surface area contributed by atoms with E-state index in [2.05, 4.69) is 10.6 Å². The lowest BCUT2D eigenvalue weighted by molar-refractivity contribution is -0.123. The first-order valence-corrected chi connectivity index (χ1v) is 6.69. The van der Waals surface area contributed by atoms with Crippen molar-refractivity contribution in [3.05, 3.63) is 35.1 Å². The number of hydrogen-bond acceptors (Lipinski definition) is 2. The number of amides is 1. The average molecular weight is 266 g/mol. The minimum atomic E-state index is -0.219. The van der Waals surface area contributed by atoms with Crippen LogP contribution in [-0.2, 0) is 11.2 Å². The molecule has 0 spiro atoms. The summed E-state index contributed by atoms with van der Waals surface area (Å²) < 4.78 is 13.0. The molecular formula is C15H23FN2O. The minimum Gasteiger partial charge on any atom is -0.353 e. The van der Waals surface area contributed by atoms with Gasteiger partial charge in [0, 0.05) is 6.04 Å². The van der Waals surface area contributed by atoms with E-state index in [-0.39, 0.29) is 23.8 Å². The number of aryl methyl sites for hydroxylation is 1. The molecule has 4 heteroatoms. The molecular weight excluding hydrogens is 243 g/mol. The number of carbonyl (C=O) groups is 1. The molecule has 1 amide bonds. The van der Waals surface area contributed by atoms with Gasteiger partial charge in [-0.25, -0.2) is 4.39 Å². The molecule has 3 nitrogen and oxygen atoms in total. The summed E-state index contributed by atoms with van der Waals surface area (Å²) in [4.78, 5) is 11.7. The van der Waals surface area contributed by atoms with E-state index in [1.807, 2.05) is 27.7 Å².